The van der Waals surface area contributed by atoms with Gasteiger partial charge in [-0.15, -0.1) is 11.8 Å². The normalized spacial score (nSPS) is 32.3. The first kappa shape index (κ1) is 13.6. The molecule has 5 nitrogen and oxygen atoms in total. The zero-order valence-corrected chi connectivity index (χ0v) is 11.1. The molecule has 1 fully saturated rings. The Hall–Kier alpha value is -0.820. The van der Waals surface area contributed by atoms with Crippen LogP contribution in [0, 0.1) is 13.8 Å². The summed E-state index contributed by atoms with van der Waals surface area (Å²) in [7, 11) is 0. The van der Waals surface area contributed by atoms with Gasteiger partial charge in [-0.1, -0.05) is 0 Å². The van der Waals surface area contributed by atoms with E-state index in [0.29, 0.717) is 11.5 Å². The van der Waals surface area contributed by atoms with Crippen LogP contribution in [0.4, 0.5) is 0 Å². The van der Waals surface area contributed by atoms with E-state index in [0.717, 1.165) is 11.4 Å². The Labute approximate surface area is 110 Å². The number of pyridine rings is 1. The molecule has 0 aromatic carbocycles. The lowest BCUT2D eigenvalue weighted by molar-refractivity contribution is -0.0787. The number of ether oxygens (including phenoxy) is 1. The SMILES string of the molecule is Cc1ccc(O[C@H]2SC[C@@H](O)[C@H](O)[C@H]2O)c(C)n1. The van der Waals surface area contributed by atoms with Crippen molar-refractivity contribution in [2.75, 3.05) is 5.75 Å². The molecule has 1 aromatic rings. The number of hydrogen-bond acceptors (Lipinski definition) is 6. The van der Waals surface area contributed by atoms with Gasteiger partial charge in [0, 0.05) is 11.4 Å². The fraction of sp³-hybridized carbons (Fsp3) is 0.583. The molecule has 3 N–H and O–H groups in total. The molecular weight excluding hydrogens is 254 g/mol. The third-order valence-electron chi connectivity index (χ3n) is 2.87. The predicted octanol–water partition coefficient (Wildman–Crippen LogP) is 0.233. The second-order valence-corrected chi connectivity index (χ2v) is 5.54. The summed E-state index contributed by atoms with van der Waals surface area (Å²) < 4.78 is 5.65. The Morgan fingerprint density at radius 2 is 1.94 bits per heavy atom. The third-order valence-corrected chi connectivity index (χ3v) is 4.11. The Morgan fingerprint density at radius 3 is 2.61 bits per heavy atom. The molecule has 1 saturated heterocycles. The molecule has 4 atom stereocenters. The van der Waals surface area contributed by atoms with Gasteiger partial charge in [-0.25, -0.2) is 0 Å². The summed E-state index contributed by atoms with van der Waals surface area (Å²) >= 11 is 1.28. The second-order valence-electron chi connectivity index (χ2n) is 4.40. The maximum absolute atomic E-state index is 9.84. The summed E-state index contributed by atoms with van der Waals surface area (Å²) in [6.45, 7) is 3.72. The van der Waals surface area contributed by atoms with E-state index in [2.05, 4.69) is 4.98 Å². The van der Waals surface area contributed by atoms with Gasteiger partial charge in [0.05, 0.1) is 11.8 Å². The van der Waals surface area contributed by atoms with Gasteiger partial charge in [-0.3, -0.25) is 4.98 Å². The van der Waals surface area contributed by atoms with Crippen LogP contribution in [0.2, 0.25) is 0 Å². The summed E-state index contributed by atoms with van der Waals surface area (Å²) in [5.41, 5.74) is 1.04. The van der Waals surface area contributed by atoms with E-state index >= 15 is 0 Å². The highest BCUT2D eigenvalue weighted by Crippen LogP contribution is 2.30. The van der Waals surface area contributed by atoms with Crippen LogP contribution in [0.3, 0.4) is 0 Å². The fourth-order valence-corrected chi connectivity index (χ4v) is 2.92. The highest BCUT2D eigenvalue weighted by atomic mass is 32.2. The molecule has 0 unspecified atom stereocenters. The maximum atomic E-state index is 9.84. The van der Waals surface area contributed by atoms with E-state index in [9.17, 15) is 15.3 Å². The van der Waals surface area contributed by atoms with Gasteiger partial charge in [0.15, 0.2) is 5.44 Å². The molecule has 0 bridgehead atoms. The second kappa shape index (κ2) is 5.44. The number of rotatable bonds is 2. The molecule has 6 heteroatoms. The summed E-state index contributed by atoms with van der Waals surface area (Å²) in [6.07, 6.45) is -3.20. The van der Waals surface area contributed by atoms with E-state index in [1.807, 2.05) is 19.9 Å². The van der Waals surface area contributed by atoms with Gasteiger partial charge in [-0.05, 0) is 26.0 Å². The predicted molar refractivity (Wildman–Crippen MR) is 68.6 cm³/mol. The zero-order valence-electron chi connectivity index (χ0n) is 10.3. The number of aliphatic hydroxyl groups is 3. The van der Waals surface area contributed by atoms with Crippen LogP contribution in [-0.4, -0.2) is 49.8 Å². The van der Waals surface area contributed by atoms with Crippen molar-refractivity contribution in [3.05, 3.63) is 23.5 Å². The number of aryl methyl sites for hydroxylation is 2. The molecule has 2 rings (SSSR count). The van der Waals surface area contributed by atoms with Gasteiger partial charge >= 0.3 is 0 Å². The number of thioether (sulfide) groups is 1. The molecule has 0 radical (unpaired) electrons. The number of aliphatic hydroxyl groups excluding tert-OH is 3. The number of nitrogens with zero attached hydrogens (tertiary/aromatic N) is 1. The summed E-state index contributed by atoms with van der Waals surface area (Å²) in [6, 6.07) is 3.62. The first-order valence-electron chi connectivity index (χ1n) is 5.75. The number of aromatic nitrogens is 1. The van der Waals surface area contributed by atoms with Crippen molar-refractivity contribution in [1.82, 2.24) is 4.98 Å². The standard InChI is InChI=1S/C12H17NO4S/c1-6-3-4-9(7(2)13-6)17-12-11(16)10(15)8(14)5-18-12/h3-4,8,10-12,14-16H,5H2,1-2H3/t8-,10+,11-,12+/m1/s1. The monoisotopic (exact) mass is 271 g/mol. The van der Waals surface area contributed by atoms with E-state index in [1.165, 1.54) is 11.8 Å². The Bertz CT molecular complexity index is 429. The van der Waals surface area contributed by atoms with Crippen molar-refractivity contribution in [2.45, 2.75) is 37.6 Å². The summed E-state index contributed by atoms with van der Waals surface area (Å²) in [5, 5.41) is 28.9. The molecule has 0 amide bonds. The highest BCUT2D eigenvalue weighted by molar-refractivity contribution is 7.99. The molecule has 0 aliphatic carbocycles. The molecule has 1 aliphatic heterocycles. The van der Waals surface area contributed by atoms with Crippen LogP contribution in [-0.2, 0) is 0 Å². The van der Waals surface area contributed by atoms with Crippen molar-refractivity contribution in [2.24, 2.45) is 0 Å². The molecule has 1 aromatic heterocycles. The van der Waals surface area contributed by atoms with Gasteiger partial charge in [0.1, 0.15) is 18.0 Å². The van der Waals surface area contributed by atoms with Crippen molar-refractivity contribution >= 4 is 11.8 Å². The van der Waals surface area contributed by atoms with Crippen LogP contribution in [0.1, 0.15) is 11.4 Å². The molecule has 2 heterocycles. The molecule has 100 valence electrons. The minimum atomic E-state index is -1.17. The topological polar surface area (TPSA) is 82.8 Å². The largest absolute Gasteiger partial charge is 0.475 e. The molecule has 18 heavy (non-hydrogen) atoms. The lowest BCUT2D eigenvalue weighted by atomic mass is 10.1. The zero-order chi connectivity index (χ0) is 13.3. The first-order chi connectivity index (χ1) is 8.49. The van der Waals surface area contributed by atoms with Gasteiger partial charge in [-0.2, -0.15) is 0 Å². The van der Waals surface area contributed by atoms with E-state index in [4.69, 9.17) is 4.74 Å². The van der Waals surface area contributed by atoms with Crippen LogP contribution in [0.25, 0.3) is 0 Å². The molecule has 1 aliphatic rings. The van der Waals surface area contributed by atoms with Gasteiger partial charge in [0.25, 0.3) is 0 Å². The van der Waals surface area contributed by atoms with E-state index in [1.54, 1.807) is 6.07 Å². The molecule has 0 saturated carbocycles. The smallest absolute Gasteiger partial charge is 0.173 e. The fourth-order valence-electron chi connectivity index (χ4n) is 1.81. The Balaban J connectivity index is 2.09. The lowest BCUT2D eigenvalue weighted by Crippen LogP contribution is -2.50. The highest BCUT2D eigenvalue weighted by Gasteiger charge is 2.38. The van der Waals surface area contributed by atoms with Crippen LogP contribution < -0.4 is 4.74 Å². The van der Waals surface area contributed by atoms with E-state index < -0.39 is 23.7 Å². The third kappa shape index (κ3) is 2.77. The average Bonchev–Trinajstić information content (AvgIpc) is 2.33. The first-order valence-corrected chi connectivity index (χ1v) is 6.80. The average molecular weight is 271 g/mol. The molecule has 0 spiro atoms. The van der Waals surface area contributed by atoms with Crippen molar-refractivity contribution in [3.63, 3.8) is 0 Å². The van der Waals surface area contributed by atoms with Crippen molar-refractivity contribution in [3.8, 4) is 5.75 Å². The van der Waals surface area contributed by atoms with Gasteiger partial charge < -0.3 is 20.1 Å². The van der Waals surface area contributed by atoms with Crippen LogP contribution in [0.5, 0.6) is 5.75 Å². The van der Waals surface area contributed by atoms with Gasteiger partial charge in [0.2, 0.25) is 0 Å². The maximum Gasteiger partial charge on any atom is 0.173 e. The van der Waals surface area contributed by atoms with Crippen LogP contribution >= 0.6 is 11.8 Å². The summed E-state index contributed by atoms with van der Waals surface area (Å²) in [4.78, 5) is 4.27. The minimum Gasteiger partial charge on any atom is -0.475 e. The Kier molecular flexibility index (Phi) is 4.11. The number of hydrogen-bond donors (Lipinski definition) is 3. The van der Waals surface area contributed by atoms with Crippen LogP contribution in [0.15, 0.2) is 12.1 Å². The molecular formula is C12H17NO4S. The summed E-state index contributed by atoms with van der Waals surface area (Å²) in [5.74, 6) is 0.919. The minimum absolute atomic E-state index is 0.335. The quantitative estimate of drug-likeness (QED) is 0.714. The lowest BCUT2D eigenvalue weighted by Gasteiger charge is -2.34. The van der Waals surface area contributed by atoms with Crippen molar-refractivity contribution in [1.29, 1.82) is 0 Å². The van der Waals surface area contributed by atoms with E-state index in [-0.39, 0.29) is 0 Å². The Morgan fingerprint density at radius 1 is 1.22 bits per heavy atom. The van der Waals surface area contributed by atoms with Crippen molar-refractivity contribution < 1.29 is 20.1 Å².